The first kappa shape index (κ1) is 34.9. The van der Waals surface area contributed by atoms with Crippen LogP contribution in [0.2, 0.25) is 0 Å². The molecule has 0 atom stereocenters. The third kappa shape index (κ3) is 9.41. The highest BCUT2D eigenvalue weighted by atomic mass is 16.5. The van der Waals surface area contributed by atoms with Gasteiger partial charge in [-0.15, -0.1) is 0 Å². The Morgan fingerprint density at radius 2 is 1.00 bits per heavy atom. The Labute approximate surface area is 295 Å². The van der Waals surface area contributed by atoms with Crippen molar-refractivity contribution in [3.05, 3.63) is 108 Å². The van der Waals surface area contributed by atoms with Gasteiger partial charge >= 0.3 is 0 Å². The van der Waals surface area contributed by atoms with Crippen LogP contribution in [0.25, 0.3) is 0 Å². The van der Waals surface area contributed by atoms with Crippen molar-refractivity contribution < 1.29 is 9.47 Å². The maximum atomic E-state index is 6.17. The minimum absolute atomic E-state index is 0.0315. The largest absolute Gasteiger partial charge is 0.457 e. The fourth-order valence-corrected chi connectivity index (χ4v) is 8.80. The SMILES string of the molecule is CCCCCCCCC[C@H]1CC[C@H](C2CCC(c3ccc(Oc4cccc(N)c4)cc3)(c3ccc(Oc4cccc(N)c4)cc3)CC2)CC1. The van der Waals surface area contributed by atoms with Gasteiger partial charge in [0.15, 0.2) is 0 Å². The van der Waals surface area contributed by atoms with Gasteiger partial charge in [0.25, 0.3) is 0 Å². The fourth-order valence-electron chi connectivity index (χ4n) is 8.80. The molecule has 2 aliphatic rings. The molecule has 0 amide bonds. The molecule has 4 N–H and O–H groups in total. The average molecular weight is 659 g/mol. The summed E-state index contributed by atoms with van der Waals surface area (Å²) in [5.74, 6) is 5.88. The third-order valence-electron chi connectivity index (χ3n) is 11.7. The van der Waals surface area contributed by atoms with E-state index in [9.17, 15) is 0 Å². The normalized spacial score (nSPS) is 19.4. The second kappa shape index (κ2) is 17.1. The molecular formula is C45H58N2O2. The summed E-state index contributed by atoms with van der Waals surface area (Å²) in [6.45, 7) is 2.30. The monoisotopic (exact) mass is 658 g/mol. The zero-order chi connectivity index (χ0) is 33.9. The van der Waals surface area contributed by atoms with Crippen LogP contribution in [0.3, 0.4) is 0 Å². The Balaban J connectivity index is 1.11. The standard InChI is InChI=1S/C45H58N2O2/c1-2-3-4-5-6-7-8-11-34-16-18-35(19-17-34)36-28-30-45(31-29-36,37-20-24-41(25-21-37)48-43-14-9-12-39(46)32-43)38-22-26-42(27-23-38)49-44-15-10-13-40(47)33-44/h9-10,12-15,20-27,32-36H,2-8,11,16-19,28-31,46-47H2,1H3/t34-,35-. The van der Waals surface area contributed by atoms with E-state index in [2.05, 4.69) is 55.5 Å². The molecule has 0 unspecified atom stereocenters. The number of rotatable bonds is 15. The summed E-state index contributed by atoms with van der Waals surface area (Å²) < 4.78 is 12.3. The van der Waals surface area contributed by atoms with E-state index in [0.717, 1.165) is 40.8 Å². The number of unbranched alkanes of at least 4 members (excludes halogenated alkanes) is 6. The van der Waals surface area contributed by atoms with Crippen molar-refractivity contribution in [1.29, 1.82) is 0 Å². The highest BCUT2D eigenvalue weighted by Crippen LogP contribution is 2.51. The van der Waals surface area contributed by atoms with Crippen LogP contribution in [0.15, 0.2) is 97.1 Å². The second-order valence-corrected chi connectivity index (χ2v) is 15.0. The molecule has 0 aliphatic heterocycles. The molecule has 2 aliphatic carbocycles. The van der Waals surface area contributed by atoms with E-state index < -0.39 is 0 Å². The number of ether oxygens (including phenoxy) is 2. The Morgan fingerprint density at radius 3 is 1.49 bits per heavy atom. The Hall–Kier alpha value is -3.92. The van der Waals surface area contributed by atoms with Crippen LogP contribution in [0.4, 0.5) is 11.4 Å². The predicted octanol–water partition coefficient (Wildman–Crippen LogP) is 12.9. The lowest BCUT2D eigenvalue weighted by atomic mass is 9.60. The Morgan fingerprint density at radius 1 is 0.531 bits per heavy atom. The molecule has 2 saturated carbocycles. The molecule has 260 valence electrons. The topological polar surface area (TPSA) is 70.5 Å². The Bertz CT molecular complexity index is 1470. The maximum absolute atomic E-state index is 6.17. The quantitative estimate of drug-likeness (QED) is 0.0985. The van der Waals surface area contributed by atoms with Crippen molar-refractivity contribution in [1.82, 2.24) is 0 Å². The third-order valence-corrected chi connectivity index (χ3v) is 11.7. The highest BCUT2D eigenvalue weighted by Gasteiger charge is 2.41. The van der Waals surface area contributed by atoms with Gasteiger partial charge in [-0.1, -0.05) is 108 Å². The first-order chi connectivity index (χ1) is 24.0. The molecule has 6 rings (SSSR count). The van der Waals surface area contributed by atoms with Gasteiger partial charge in [-0.3, -0.25) is 0 Å². The summed E-state index contributed by atoms with van der Waals surface area (Å²) in [5, 5.41) is 0. The molecule has 0 spiro atoms. The van der Waals surface area contributed by atoms with Crippen LogP contribution >= 0.6 is 0 Å². The summed E-state index contributed by atoms with van der Waals surface area (Å²) in [6.07, 6.45) is 22.1. The predicted molar refractivity (Wildman–Crippen MR) is 206 cm³/mol. The van der Waals surface area contributed by atoms with Crippen molar-refractivity contribution in [3.63, 3.8) is 0 Å². The summed E-state index contributed by atoms with van der Waals surface area (Å²) in [4.78, 5) is 0. The number of anilines is 2. The lowest BCUT2D eigenvalue weighted by Gasteiger charge is -2.44. The van der Waals surface area contributed by atoms with Crippen LogP contribution in [-0.2, 0) is 5.41 Å². The number of hydrogen-bond acceptors (Lipinski definition) is 4. The van der Waals surface area contributed by atoms with Crippen molar-refractivity contribution >= 4 is 11.4 Å². The highest BCUT2D eigenvalue weighted by molar-refractivity contribution is 5.48. The van der Waals surface area contributed by atoms with Crippen molar-refractivity contribution in [2.24, 2.45) is 17.8 Å². The van der Waals surface area contributed by atoms with Gasteiger partial charge in [0, 0.05) is 28.9 Å². The lowest BCUT2D eigenvalue weighted by molar-refractivity contribution is 0.140. The minimum Gasteiger partial charge on any atom is -0.457 e. The average Bonchev–Trinajstić information content (AvgIpc) is 3.12. The van der Waals surface area contributed by atoms with Crippen molar-refractivity contribution in [3.8, 4) is 23.0 Å². The number of nitrogens with two attached hydrogens (primary N) is 2. The molecule has 4 nitrogen and oxygen atoms in total. The summed E-state index contributed by atoms with van der Waals surface area (Å²) in [5.41, 5.74) is 16.1. The molecule has 0 saturated heterocycles. The first-order valence-corrected chi connectivity index (χ1v) is 19.3. The van der Waals surface area contributed by atoms with E-state index in [-0.39, 0.29) is 5.41 Å². The zero-order valence-electron chi connectivity index (χ0n) is 29.8. The van der Waals surface area contributed by atoms with Gasteiger partial charge in [0.2, 0.25) is 0 Å². The summed E-state index contributed by atoms with van der Waals surface area (Å²) in [6, 6.07) is 32.9. The van der Waals surface area contributed by atoms with Crippen molar-refractivity contribution in [2.75, 3.05) is 11.5 Å². The molecule has 0 radical (unpaired) electrons. The smallest absolute Gasteiger partial charge is 0.129 e. The minimum atomic E-state index is -0.0315. The van der Waals surface area contributed by atoms with E-state index in [1.807, 2.05) is 48.5 Å². The van der Waals surface area contributed by atoms with Crippen LogP contribution in [0, 0.1) is 17.8 Å². The van der Waals surface area contributed by atoms with Crippen molar-refractivity contribution in [2.45, 2.75) is 115 Å². The lowest BCUT2D eigenvalue weighted by Crippen LogP contribution is -2.35. The zero-order valence-corrected chi connectivity index (χ0v) is 29.8. The summed E-state index contributed by atoms with van der Waals surface area (Å²) in [7, 11) is 0. The Kier molecular flexibility index (Phi) is 12.2. The summed E-state index contributed by atoms with van der Waals surface area (Å²) >= 11 is 0. The fraction of sp³-hybridized carbons (Fsp3) is 0.467. The van der Waals surface area contributed by atoms with Crippen LogP contribution < -0.4 is 20.9 Å². The number of nitrogen functional groups attached to an aromatic ring is 2. The van der Waals surface area contributed by atoms with E-state index in [4.69, 9.17) is 20.9 Å². The molecular weight excluding hydrogens is 601 g/mol. The molecule has 4 aromatic carbocycles. The van der Waals surface area contributed by atoms with Crippen LogP contribution in [0.1, 0.15) is 121 Å². The molecule has 4 heteroatoms. The van der Waals surface area contributed by atoms with Gasteiger partial charge in [0.05, 0.1) is 0 Å². The van der Waals surface area contributed by atoms with E-state index in [1.165, 1.54) is 114 Å². The van der Waals surface area contributed by atoms with Gasteiger partial charge in [-0.05, 0) is 116 Å². The van der Waals surface area contributed by atoms with Crippen LogP contribution in [-0.4, -0.2) is 0 Å². The molecule has 2 fully saturated rings. The van der Waals surface area contributed by atoms with Gasteiger partial charge in [-0.25, -0.2) is 0 Å². The molecule has 49 heavy (non-hydrogen) atoms. The second-order valence-electron chi connectivity index (χ2n) is 15.0. The first-order valence-electron chi connectivity index (χ1n) is 19.3. The van der Waals surface area contributed by atoms with Gasteiger partial charge in [0.1, 0.15) is 23.0 Å². The van der Waals surface area contributed by atoms with E-state index in [1.54, 1.807) is 0 Å². The molecule has 0 bridgehead atoms. The van der Waals surface area contributed by atoms with E-state index >= 15 is 0 Å². The van der Waals surface area contributed by atoms with E-state index in [0.29, 0.717) is 11.4 Å². The van der Waals surface area contributed by atoms with Gasteiger partial charge < -0.3 is 20.9 Å². The van der Waals surface area contributed by atoms with Crippen LogP contribution in [0.5, 0.6) is 23.0 Å². The maximum Gasteiger partial charge on any atom is 0.129 e. The molecule has 0 aromatic heterocycles. The van der Waals surface area contributed by atoms with Gasteiger partial charge in [-0.2, -0.15) is 0 Å². The molecule has 0 heterocycles. The number of benzene rings is 4. The number of hydrogen-bond donors (Lipinski definition) is 2. The molecule has 4 aromatic rings.